The number of hydrogen-bond donors (Lipinski definition) is 3. The minimum atomic E-state index is -0.979. The maximum atomic E-state index is 13.9. The lowest BCUT2D eigenvalue weighted by atomic mass is 9.77. The summed E-state index contributed by atoms with van der Waals surface area (Å²) in [6, 6.07) is 13.2. The van der Waals surface area contributed by atoms with Crippen molar-refractivity contribution < 1.29 is 34.1 Å². The van der Waals surface area contributed by atoms with Crippen molar-refractivity contribution in [3.8, 4) is 11.5 Å². The summed E-state index contributed by atoms with van der Waals surface area (Å²) in [6.07, 6.45) is 5.37. The number of ether oxygens (including phenoxy) is 2. The first-order valence-corrected chi connectivity index (χ1v) is 15.9. The molecular weight excluding hydrogens is 598 g/mol. The number of carboxylic acid groups (broad SMARTS) is 1. The number of piperidine rings is 1. The quantitative estimate of drug-likeness (QED) is 0.324. The molecule has 0 radical (unpaired) electrons. The van der Waals surface area contributed by atoms with E-state index in [2.05, 4.69) is 17.1 Å². The Bertz CT molecular complexity index is 1290. The van der Waals surface area contributed by atoms with Crippen LogP contribution in [0.2, 0.25) is 0 Å². The van der Waals surface area contributed by atoms with Gasteiger partial charge in [0.1, 0.15) is 23.1 Å². The van der Waals surface area contributed by atoms with Crippen LogP contribution in [-0.4, -0.2) is 88.3 Å². The molecule has 0 unspecified atom stereocenters. The SMILES string of the molecule is CCCCN1C(=O)[C@@H]([C@H](O)[C@H]2CC[C@H](OC)CC2)NC(=O)C12CCN(Cc1ccc(Oc3ccc(C(=O)O)cc3)cc1)CC2.Cl. The summed E-state index contributed by atoms with van der Waals surface area (Å²) in [7, 11) is 1.71. The number of carboxylic acids is 1. The third kappa shape index (κ3) is 7.80. The first kappa shape index (κ1) is 34.7. The lowest BCUT2D eigenvalue weighted by Crippen LogP contribution is -2.75. The second kappa shape index (κ2) is 15.4. The highest BCUT2D eigenvalue weighted by Crippen LogP contribution is 2.37. The molecule has 0 bridgehead atoms. The molecule has 2 saturated heterocycles. The maximum absolute atomic E-state index is 13.9. The zero-order valence-electron chi connectivity index (χ0n) is 26.2. The molecule has 246 valence electrons. The topological polar surface area (TPSA) is 129 Å². The van der Waals surface area contributed by atoms with E-state index in [-0.39, 0.29) is 41.8 Å². The number of nitrogens with zero attached hydrogens (tertiary/aromatic N) is 2. The maximum Gasteiger partial charge on any atom is 0.335 e. The Morgan fingerprint density at radius 3 is 2.16 bits per heavy atom. The lowest BCUT2D eigenvalue weighted by Gasteiger charge is -2.52. The largest absolute Gasteiger partial charge is 0.478 e. The number of likely N-dealkylation sites (tertiary alicyclic amines) is 1. The molecule has 10 nitrogen and oxygen atoms in total. The lowest BCUT2D eigenvalue weighted by molar-refractivity contribution is -0.166. The van der Waals surface area contributed by atoms with Crippen molar-refractivity contribution in [2.24, 2.45) is 5.92 Å². The number of carbonyl (C=O) groups is 3. The molecule has 2 aromatic rings. The second-order valence-corrected chi connectivity index (χ2v) is 12.4. The number of carbonyl (C=O) groups excluding carboxylic acids is 2. The van der Waals surface area contributed by atoms with Crippen LogP contribution in [0.15, 0.2) is 48.5 Å². The number of aliphatic hydroxyl groups is 1. The number of piperazine rings is 1. The van der Waals surface area contributed by atoms with Gasteiger partial charge in [0, 0.05) is 33.3 Å². The van der Waals surface area contributed by atoms with Crippen molar-refractivity contribution in [1.82, 2.24) is 15.1 Å². The van der Waals surface area contributed by atoms with Gasteiger partial charge in [0.2, 0.25) is 11.8 Å². The molecule has 0 aromatic heterocycles. The van der Waals surface area contributed by atoms with Gasteiger partial charge in [-0.1, -0.05) is 25.5 Å². The van der Waals surface area contributed by atoms with E-state index in [9.17, 15) is 19.5 Å². The Hall–Kier alpha value is -3.18. The molecule has 2 heterocycles. The van der Waals surface area contributed by atoms with Gasteiger partial charge in [0.25, 0.3) is 0 Å². The fraction of sp³-hybridized carbons (Fsp3) is 0.559. The molecule has 2 atom stereocenters. The summed E-state index contributed by atoms with van der Waals surface area (Å²) in [6.45, 7) is 4.65. The van der Waals surface area contributed by atoms with Crippen LogP contribution >= 0.6 is 12.4 Å². The standard InChI is InChI=1S/C34H45N3O7.ClH/c1-3-4-19-37-31(39)29(30(38)24-7-13-26(43-2)14-8-24)35-33(42)34(37)17-20-36(21-18-34)22-23-5-11-27(12-6-23)44-28-15-9-25(10-16-28)32(40)41;/h5-6,9-12,15-16,24,26,29-30,38H,3-4,7-8,13-14,17-22H2,1-2H3,(H,35,42)(H,40,41);1H/t24-,26-,29-,30-;/m1./s1. The number of nitrogens with one attached hydrogen (secondary N) is 1. The third-order valence-corrected chi connectivity index (χ3v) is 9.72. The Kier molecular flexibility index (Phi) is 11.9. The van der Waals surface area contributed by atoms with E-state index in [1.807, 2.05) is 24.3 Å². The van der Waals surface area contributed by atoms with Crippen LogP contribution in [-0.2, 0) is 20.9 Å². The molecule has 3 N–H and O–H groups in total. The highest BCUT2D eigenvalue weighted by Gasteiger charge is 2.55. The molecule has 1 spiro atoms. The predicted molar refractivity (Wildman–Crippen MR) is 172 cm³/mol. The van der Waals surface area contributed by atoms with Crippen LogP contribution in [0.3, 0.4) is 0 Å². The van der Waals surface area contributed by atoms with Crippen LogP contribution in [0, 0.1) is 5.92 Å². The van der Waals surface area contributed by atoms with Crippen molar-refractivity contribution in [3.05, 3.63) is 59.7 Å². The van der Waals surface area contributed by atoms with E-state index in [1.165, 1.54) is 12.1 Å². The summed E-state index contributed by atoms with van der Waals surface area (Å²) in [5.74, 6) is -0.0877. The monoisotopic (exact) mass is 643 g/mol. The molecule has 1 saturated carbocycles. The molecule has 2 amide bonds. The van der Waals surface area contributed by atoms with E-state index in [1.54, 1.807) is 24.1 Å². The highest BCUT2D eigenvalue weighted by atomic mass is 35.5. The first-order valence-electron chi connectivity index (χ1n) is 15.9. The van der Waals surface area contributed by atoms with Gasteiger partial charge < -0.3 is 29.9 Å². The van der Waals surface area contributed by atoms with Crippen LogP contribution in [0.1, 0.15) is 74.2 Å². The number of halogens is 1. The first-order chi connectivity index (χ1) is 21.2. The smallest absolute Gasteiger partial charge is 0.335 e. The van der Waals surface area contributed by atoms with Gasteiger partial charge in [-0.2, -0.15) is 0 Å². The van der Waals surface area contributed by atoms with E-state index in [0.29, 0.717) is 50.5 Å². The van der Waals surface area contributed by atoms with Crippen molar-refractivity contribution in [2.75, 3.05) is 26.7 Å². The van der Waals surface area contributed by atoms with Gasteiger partial charge in [-0.05, 0) is 92.8 Å². The Morgan fingerprint density at radius 1 is 1.00 bits per heavy atom. The normalized spacial score (nSPS) is 24.1. The molecule has 2 aliphatic heterocycles. The average Bonchev–Trinajstić information content (AvgIpc) is 3.04. The zero-order chi connectivity index (χ0) is 31.3. The Morgan fingerprint density at radius 2 is 1.60 bits per heavy atom. The van der Waals surface area contributed by atoms with E-state index in [4.69, 9.17) is 14.6 Å². The Labute approximate surface area is 271 Å². The van der Waals surface area contributed by atoms with Crippen LogP contribution < -0.4 is 10.1 Å². The zero-order valence-corrected chi connectivity index (χ0v) is 27.0. The van der Waals surface area contributed by atoms with Gasteiger partial charge in [0.15, 0.2) is 0 Å². The minimum absolute atomic E-state index is 0. The van der Waals surface area contributed by atoms with Crippen LogP contribution in [0.25, 0.3) is 0 Å². The van der Waals surface area contributed by atoms with E-state index < -0.39 is 23.7 Å². The van der Waals surface area contributed by atoms with E-state index in [0.717, 1.165) is 44.1 Å². The van der Waals surface area contributed by atoms with Crippen LogP contribution in [0.5, 0.6) is 11.5 Å². The van der Waals surface area contributed by atoms with Crippen molar-refractivity contribution >= 4 is 30.2 Å². The number of aromatic carboxylic acids is 1. The number of benzene rings is 2. The highest BCUT2D eigenvalue weighted by molar-refractivity contribution is 6.00. The number of hydrogen-bond acceptors (Lipinski definition) is 7. The number of amides is 2. The summed E-state index contributed by atoms with van der Waals surface area (Å²) < 4.78 is 11.3. The van der Waals surface area contributed by atoms with Gasteiger partial charge in [0.05, 0.1) is 17.8 Å². The number of unbranched alkanes of at least 4 members (excludes halogenated alkanes) is 1. The minimum Gasteiger partial charge on any atom is -0.478 e. The molecule has 2 aromatic carbocycles. The van der Waals surface area contributed by atoms with E-state index >= 15 is 0 Å². The molecule has 45 heavy (non-hydrogen) atoms. The molecule has 5 rings (SSSR count). The summed E-state index contributed by atoms with van der Waals surface area (Å²) in [5.41, 5.74) is 0.422. The molecular formula is C34H46ClN3O7. The molecule has 1 aliphatic carbocycles. The van der Waals surface area contributed by atoms with Gasteiger partial charge >= 0.3 is 5.97 Å². The van der Waals surface area contributed by atoms with Crippen molar-refractivity contribution in [3.63, 3.8) is 0 Å². The third-order valence-electron chi connectivity index (χ3n) is 9.72. The van der Waals surface area contributed by atoms with Crippen LogP contribution in [0.4, 0.5) is 0 Å². The van der Waals surface area contributed by atoms with Gasteiger partial charge in [-0.3, -0.25) is 14.5 Å². The average molecular weight is 644 g/mol. The molecule has 3 aliphatic rings. The van der Waals surface area contributed by atoms with Crippen molar-refractivity contribution in [2.45, 2.75) is 88.6 Å². The molecule has 11 heteroatoms. The van der Waals surface area contributed by atoms with Gasteiger partial charge in [-0.15, -0.1) is 12.4 Å². The number of aliphatic hydroxyl groups excluding tert-OH is 1. The predicted octanol–water partition coefficient (Wildman–Crippen LogP) is 4.63. The summed E-state index contributed by atoms with van der Waals surface area (Å²) in [5, 5.41) is 23.3. The van der Waals surface area contributed by atoms with Gasteiger partial charge in [-0.25, -0.2) is 4.79 Å². The second-order valence-electron chi connectivity index (χ2n) is 12.4. The number of methoxy groups -OCH3 is 1. The molecule has 3 fully saturated rings. The fourth-order valence-electron chi connectivity index (χ4n) is 6.95. The summed E-state index contributed by atoms with van der Waals surface area (Å²) in [4.78, 5) is 42.9. The van der Waals surface area contributed by atoms with Crippen molar-refractivity contribution in [1.29, 1.82) is 0 Å². The number of rotatable bonds is 11. The summed E-state index contributed by atoms with van der Waals surface area (Å²) >= 11 is 0. The Balaban J connectivity index is 0.00000461. The fourth-order valence-corrected chi connectivity index (χ4v) is 6.95.